The zero-order chi connectivity index (χ0) is 23.4. The molecule has 0 radical (unpaired) electrons. The largest absolute Gasteiger partial charge is 0.419 e. The Labute approximate surface area is 180 Å². The number of benzene rings is 3. The first-order valence-electron chi connectivity index (χ1n) is 9.26. The zero-order valence-electron chi connectivity index (χ0n) is 16.3. The maximum atomic E-state index is 13.8. The number of hydrogen-bond acceptors (Lipinski definition) is 3. The van der Waals surface area contributed by atoms with Crippen LogP contribution in [-0.2, 0) is 13.6 Å². The first kappa shape index (κ1) is 24.0. The highest BCUT2D eigenvalue weighted by Crippen LogP contribution is 2.59. The van der Waals surface area contributed by atoms with Gasteiger partial charge in [0.05, 0.1) is 5.30 Å². The van der Waals surface area contributed by atoms with Gasteiger partial charge in [-0.05, 0) is 23.3 Å². The molecule has 0 spiro atoms. The fourth-order valence-electron chi connectivity index (χ4n) is 2.91. The molecule has 32 heavy (non-hydrogen) atoms. The van der Waals surface area contributed by atoms with E-state index in [4.69, 9.17) is 9.05 Å². The minimum absolute atomic E-state index is 0.428. The van der Waals surface area contributed by atoms with Crippen LogP contribution < -0.4 is 5.30 Å². The van der Waals surface area contributed by atoms with Crippen LogP contribution in [0.15, 0.2) is 91.0 Å². The Morgan fingerprint density at radius 2 is 0.875 bits per heavy atom. The third kappa shape index (κ3) is 5.79. The van der Waals surface area contributed by atoms with E-state index >= 15 is 0 Å². The van der Waals surface area contributed by atoms with Crippen molar-refractivity contribution in [2.75, 3.05) is 0 Å². The molecule has 3 atom stereocenters. The van der Waals surface area contributed by atoms with Crippen LogP contribution in [0.2, 0.25) is 0 Å². The molecule has 3 nitrogen and oxygen atoms in total. The van der Waals surface area contributed by atoms with E-state index in [2.05, 4.69) is 0 Å². The molecule has 0 aromatic heterocycles. The minimum Gasteiger partial charge on any atom is -0.287 e. The topological polar surface area (TPSA) is 35.5 Å². The first-order chi connectivity index (χ1) is 15.0. The van der Waals surface area contributed by atoms with Gasteiger partial charge in [-0.2, -0.15) is 26.3 Å². The van der Waals surface area contributed by atoms with Gasteiger partial charge in [-0.15, -0.1) is 0 Å². The monoisotopic (exact) mass is 474 g/mol. The van der Waals surface area contributed by atoms with Gasteiger partial charge < -0.3 is 0 Å². The van der Waals surface area contributed by atoms with Crippen molar-refractivity contribution >= 4 is 12.9 Å². The summed E-state index contributed by atoms with van der Waals surface area (Å²) in [5.74, 6) is 0. The Kier molecular flexibility index (Phi) is 7.12. The molecular formula is C22H17F6O3P. The predicted octanol–water partition coefficient (Wildman–Crippen LogP) is 7.15. The molecular weight excluding hydrogens is 457 g/mol. The van der Waals surface area contributed by atoms with Gasteiger partial charge in [0.15, 0.2) is 12.2 Å². The summed E-state index contributed by atoms with van der Waals surface area (Å²) in [7, 11) is -5.15. The van der Waals surface area contributed by atoms with Gasteiger partial charge in [-0.1, -0.05) is 78.9 Å². The highest BCUT2D eigenvalue weighted by atomic mass is 31.2. The second-order valence-electron chi connectivity index (χ2n) is 6.71. The molecule has 0 aliphatic carbocycles. The molecule has 0 fully saturated rings. The van der Waals surface area contributed by atoms with E-state index in [0.29, 0.717) is 0 Å². The Morgan fingerprint density at radius 3 is 1.19 bits per heavy atom. The van der Waals surface area contributed by atoms with Crippen molar-refractivity contribution in [3.05, 3.63) is 102 Å². The third-order valence-corrected chi connectivity index (χ3v) is 6.27. The lowest BCUT2D eigenvalue weighted by Gasteiger charge is -2.30. The van der Waals surface area contributed by atoms with Gasteiger partial charge in [0.25, 0.3) is 0 Å². The van der Waals surface area contributed by atoms with E-state index in [9.17, 15) is 30.9 Å². The van der Waals surface area contributed by atoms with Gasteiger partial charge in [0.1, 0.15) is 0 Å². The smallest absolute Gasteiger partial charge is 0.287 e. The molecule has 0 bridgehead atoms. The molecule has 1 unspecified atom stereocenters. The summed E-state index contributed by atoms with van der Waals surface area (Å²) in [4.78, 5) is 0. The molecule has 0 saturated heterocycles. The standard InChI is InChI=1S/C22H17F6O3P/c23-21(24,25)19(16-10-4-1-5-11-16)30-32(29,18-14-8-3-9-15-18)31-20(22(26,27)28)17-12-6-2-7-13-17/h1-15,19-20H/t19-,20+,32?. The van der Waals surface area contributed by atoms with E-state index in [1.807, 2.05) is 0 Å². The average Bonchev–Trinajstić information content (AvgIpc) is 2.76. The Hall–Kier alpha value is -2.61. The second-order valence-corrected chi connectivity index (χ2v) is 8.64. The van der Waals surface area contributed by atoms with Crippen LogP contribution >= 0.6 is 7.60 Å². The molecule has 3 aromatic rings. The quantitative estimate of drug-likeness (QED) is 0.270. The van der Waals surface area contributed by atoms with Gasteiger partial charge in [-0.25, -0.2) is 0 Å². The highest BCUT2D eigenvalue weighted by molar-refractivity contribution is 7.62. The lowest BCUT2D eigenvalue weighted by molar-refractivity contribution is -0.213. The van der Waals surface area contributed by atoms with Crippen LogP contribution in [-0.4, -0.2) is 12.4 Å². The lowest BCUT2D eigenvalue weighted by Crippen LogP contribution is -2.28. The van der Waals surface area contributed by atoms with Gasteiger partial charge in [0.2, 0.25) is 0 Å². The summed E-state index contributed by atoms with van der Waals surface area (Å²) in [5, 5.41) is -0.435. The molecule has 10 heteroatoms. The maximum Gasteiger partial charge on any atom is 0.419 e. The predicted molar refractivity (Wildman–Crippen MR) is 106 cm³/mol. The van der Waals surface area contributed by atoms with Gasteiger partial charge >= 0.3 is 19.9 Å². The normalized spacial score (nSPS) is 16.2. The molecule has 170 valence electrons. The molecule has 0 amide bonds. The van der Waals surface area contributed by atoms with Crippen LogP contribution in [0.4, 0.5) is 26.3 Å². The molecule has 0 saturated carbocycles. The van der Waals surface area contributed by atoms with Crippen LogP contribution in [0.5, 0.6) is 0 Å². The van der Waals surface area contributed by atoms with Crippen molar-refractivity contribution in [2.24, 2.45) is 0 Å². The van der Waals surface area contributed by atoms with E-state index in [1.54, 1.807) is 0 Å². The van der Waals surface area contributed by atoms with Crippen LogP contribution in [0.1, 0.15) is 23.3 Å². The lowest BCUT2D eigenvalue weighted by atomic mass is 10.1. The summed E-state index contributed by atoms with van der Waals surface area (Å²) in [6.45, 7) is 0. The highest BCUT2D eigenvalue weighted by Gasteiger charge is 2.51. The van der Waals surface area contributed by atoms with Crippen LogP contribution in [0.3, 0.4) is 0 Å². The fourth-order valence-corrected chi connectivity index (χ4v) is 4.78. The Balaban J connectivity index is 2.10. The number of rotatable bonds is 7. The number of alkyl halides is 6. The van der Waals surface area contributed by atoms with Gasteiger partial charge in [0, 0.05) is 0 Å². The molecule has 0 heterocycles. The van der Waals surface area contributed by atoms with E-state index in [-0.39, 0.29) is 0 Å². The number of hydrogen-bond donors (Lipinski definition) is 0. The van der Waals surface area contributed by atoms with E-state index in [1.165, 1.54) is 54.6 Å². The van der Waals surface area contributed by atoms with Crippen molar-refractivity contribution in [1.29, 1.82) is 0 Å². The van der Waals surface area contributed by atoms with E-state index in [0.717, 1.165) is 36.4 Å². The van der Waals surface area contributed by atoms with Crippen molar-refractivity contribution in [3.8, 4) is 0 Å². The fraction of sp³-hybridized carbons (Fsp3) is 0.182. The second kappa shape index (κ2) is 9.48. The van der Waals surface area contributed by atoms with Crippen LogP contribution in [0.25, 0.3) is 0 Å². The van der Waals surface area contributed by atoms with Crippen LogP contribution in [0, 0.1) is 0 Å². The van der Waals surface area contributed by atoms with Crippen molar-refractivity contribution in [2.45, 2.75) is 24.6 Å². The summed E-state index contributed by atoms with van der Waals surface area (Å²) < 4.78 is 106. The Bertz CT molecular complexity index is 977. The molecule has 0 N–H and O–H groups in total. The summed E-state index contributed by atoms with van der Waals surface area (Å²) in [6.07, 6.45) is -15.7. The SMILES string of the molecule is O=P(O[C@H](c1ccccc1)C(F)(F)F)(O[C@@H](c1ccccc1)C(F)(F)F)c1ccccc1. The average molecular weight is 474 g/mol. The van der Waals surface area contributed by atoms with Crippen molar-refractivity contribution < 1.29 is 40.0 Å². The third-order valence-electron chi connectivity index (χ3n) is 4.36. The Morgan fingerprint density at radius 1 is 0.562 bits per heavy atom. The number of halogens is 6. The first-order valence-corrected chi connectivity index (χ1v) is 10.8. The van der Waals surface area contributed by atoms with E-state index < -0.39 is 48.6 Å². The molecule has 3 aromatic carbocycles. The molecule has 0 aliphatic heterocycles. The summed E-state index contributed by atoms with van der Waals surface area (Å²) in [6, 6.07) is 18.7. The van der Waals surface area contributed by atoms with Gasteiger partial charge in [-0.3, -0.25) is 13.6 Å². The van der Waals surface area contributed by atoms with Crippen molar-refractivity contribution in [1.82, 2.24) is 0 Å². The zero-order valence-corrected chi connectivity index (χ0v) is 17.1. The maximum absolute atomic E-state index is 13.8. The summed E-state index contributed by atoms with van der Waals surface area (Å²) in [5.41, 5.74) is -0.856. The molecule has 3 rings (SSSR count). The van der Waals surface area contributed by atoms with Crippen molar-refractivity contribution in [3.63, 3.8) is 0 Å². The minimum atomic E-state index is -5.15. The molecule has 0 aliphatic rings. The summed E-state index contributed by atoms with van der Waals surface area (Å²) >= 11 is 0.